The molecule has 0 aliphatic rings. The summed E-state index contributed by atoms with van der Waals surface area (Å²) in [7, 11) is 0. The summed E-state index contributed by atoms with van der Waals surface area (Å²) in [4.78, 5) is 35.7. The van der Waals surface area contributed by atoms with Crippen LogP contribution >= 0.6 is 0 Å². The van der Waals surface area contributed by atoms with Gasteiger partial charge in [0, 0.05) is 12.8 Å². The van der Waals surface area contributed by atoms with Gasteiger partial charge in [-0.25, -0.2) is 0 Å². The zero-order valence-corrected chi connectivity index (χ0v) is 21.6. The topological polar surface area (TPSA) is 89.9 Å². The molecule has 0 aromatic carbocycles. The SMILES string of the molecule is CCCCCCCCCCC(=O)OCC(C)(COC(=O)CCCCCCCCCC)C(=O)O. The molecule has 0 unspecified atom stereocenters. The Kier molecular flexibility index (Phi) is 20.0. The zero-order valence-electron chi connectivity index (χ0n) is 21.6. The highest BCUT2D eigenvalue weighted by molar-refractivity contribution is 5.76. The molecule has 0 aromatic rings. The molecule has 0 aromatic heterocycles. The molecule has 0 atom stereocenters. The van der Waals surface area contributed by atoms with Crippen molar-refractivity contribution < 1.29 is 29.0 Å². The second kappa shape index (κ2) is 21.0. The lowest BCUT2D eigenvalue weighted by Crippen LogP contribution is -2.39. The molecule has 0 radical (unpaired) electrons. The van der Waals surface area contributed by atoms with Crippen LogP contribution in [0.5, 0.6) is 0 Å². The summed E-state index contributed by atoms with van der Waals surface area (Å²) in [6.07, 6.45) is 18.7. The molecule has 0 bridgehead atoms. The zero-order chi connectivity index (χ0) is 24.8. The van der Waals surface area contributed by atoms with Crippen molar-refractivity contribution in [1.82, 2.24) is 0 Å². The Balaban J connectivity index is 3.97. The molecule has 0 heterocycles. The monoisotopic (exact) mass is 470 g/mol. The van der Waals surface area contributed by atoms with Gasteiger partial charge in [-0.2, -0.15) is 0 Å². The third kappa shape index (κ3) is 18.5. The molecule has 0 aliphatic heterocycles. The predicted octanol–water partition coefficient (Wildman–Crippen LogP) is 7.23. The fourth-order valence-electron chi connectivity index (χ4n) is 3.60. The Bertz CT molecular complexity index is 481. The molecule has 194 valence electrons. The molecule has 0 amide bonds. The van der Waals surface area contributed by atoms with Crippen LogP contribution in [-0.2, 0) is 23.9 Å². The number of carbonyl (C=O) groups excluding carboxylic acids is 2. The number of hydrogen-bond acceptors (Lipinski definition) is 5. The van der Waals surface area contributed by atoms with Crippen LogP contribution in [-0.4, -0.2) is 36.2 Å². The minimum atomic E-state index is -1.43. The maximum atomic E-state index is 12.0. The second-order valence-electron chi connectivity index (χ2n) is 9.64. The van der Waals surface area contributed by atoms with Crippen LogP contribution in [0, 0.1) is 5.41 Å². The second-order valence-corrected chi connectivity index (χ2v) is 9.64. The summed E-state index contributed by atoms with van der Waals surface area (Å²) in [6, 6.07) is 0. The largest absolute Gasteiger partial charge is 0.481 e. The number of unbranched alkanes of at least 4 members (excludes halogenated alkanes) is 14. The van der Waals surface area contributed by atoms with E-state index in [-0.39, 0.29) is 13.2 Å². The number of carboxylic acid groups (broad SMARTS) is 1. The quantitative estimate of drug-likeness (QED) is 0.125. The first-order chi connectivity index (χ1) is 15.9. The highest BCUT2D eigenvalue weighted by Crippen LogP contribution is 2.20. The minimum Gasteiger partial charge on any atom is -0.481 e. The lowest BCUT2D eigenvalue weighted by Gasteiger charge is -2.24. The van der Waals surface area contributed by atoms with Crippen LogP contribution in [0.4, 0.5) is 0 Å². The lowest BCUT2D eigenvalue weighted by atomic mass is 9.93. The first-order valence-electron chi connectivity index (χ1n) is 13.4. The van der Waals surface area contributed by atoms with E-state index in [9.17, 15) is 19.5 Å². The fourth-order valence-corrected chi connectivity index (χ4v) is 3.60. The summed E-state index contributed by atoms with van der Waals surface area (Å²) in [5, 5.41) is 9.55. The van der Waals surface area contributed by atoms with Crippen molar-refractivity contribution in [3.8, 4) is 0 Å². The number of hydrogen-bond donors (Lipinski definition) is 1. The van der Waals surface area contributed by atoms with E-state index in [1.807, 2.05) is 0 Å². The van der Waals surface area contributed by atoms with E-state index in [2.05, 4.69) is 13.8 Å². The molecule has 6 heteroatoms. The van der Waals surface area contributed by atoms with Gasteiger partial charge in [-0.1, -0.05) is 104 Å². The third-order valence-electron chi connectivity index (χ3n) is 6.09. The molecule has 0 spiro atoms. The molecule has 0 saturated carbocycles. The Hall–Kier alpha value is -1.59. The predicted molar refractivity (Wildman–Crippen MR) is 132 cm³/mol. The highest BCUT2D eigenvalue weighted by Gasteiger charge is 2.36. The van der Waals surface area contributed by atoms with Gasteiger partial charge < -0.3 is 14.6 Å². The van der Waals surface area contributed by atoms with Crippen molar-refractivity contribution in [2.24, 2.45) is 5.41 Å². The van der Waals surface area contributed by atoms with E-state index in [0.717, 1.165) is 38.5 Å². The van der Waals surface area contributed by atoms with E-state index < -0.39 is 23.3 Å². The van der Waals surface area contributed by atoms with Crippen LogP contribution < -0.4 is 0 Å². The number of carboxylic acids is 1. The maximum Gasteiger partial charge on any atom is 0.316 e. The van der Waals surface area contributed by atoms with Crippen molar-refractivity contribution in [2.45, 2.75) is 136 Å². The van der Waals surface area contributed by atoms with E-state index >= 15 is 0 Å². The number of aliphatic carboxylic acids is 1. The highest BCUT2D eigenvalue weighted by atomic mass is 16.6. The lowest BCUT2D eigenvalue weighted by molar-refractivity contribution is -0.165. The molecule has 0 aliphatic carbocycles. The molecule has 0 saturated heterocycles. The van der Waals surface area contributed by atoms with Gasteiger partial charge in [0.05, 0.1) is 0 Å². The van der Waals surface area contributed by atoms with E-state index in [0.29, 0.717) is 12.8 Å². The third-order valence-corrected chi connectivity index (χ3v) is 6.09. The van der Waals surface area contributed by atoms with Gasteiger partial charge in [0.2, 0.25) is 0 Å². The molecule has 6 nitrogen and oxygen atoms in total. The summed E-state index contributed by atoms with van der Waals surface area (Å²) >= 11 is 0. The van der Waals surface area contributed by atoms with Gasteiger partial charge >= 0.3 is 17.9 Å². The Morgan fingerprint density at radius 3 is 1.18 bits per heavy atom. The average Bonchev–Trinajstić information content (AvgIpc) is 2.79. The fraction of sp³-hybridized carbons (Fsp3) is 0.889. The summed E-state index contributed by atoms with van der Waals surface area (Å²) in [6.45, 7) is 5.26. The van der Waals surface area contributed by atoms with E-state index in [1.54, 1.807) is 0 Å². The van der Waals surface area contributed by atoms with Gasteiger partial charge in [0.15, 0.2) is 0 Å². The van der Waals surface area contributed by atoms with Gasteiger partial charge in [0.25, 0.3) is 0 Å². The van der Waals surface area contributed by atoms with Crippen molar-refractivity contribution in [1.29, 1.82) is 0 Å². The molecule has 0 rings (SSSR count). The van der Waals surface area contributed by atoms with Crippen LogP contribution in [0.2, 0.25) is 0 Å². The van der Waals surface area contributed by atoms with Crippen molar-refractivity contribution in [2.75, 3.05) is 13.2 Å². The maximum absolute atomic E-state index is 12.0. The van der Waals surface area contributed by atoms with Crippen LogP contribution in [0.25, 0.3) is 0 Å². The summed E-state index contributed by atoms with van der Waals surface area (Å²) in [5.41, 5.74) is -1.43. The van der Waals surface area contributed by atoms with Crippen LogP contribution in [0.3, 0.4) is 0 Å². The molecule has 33 heavy (non-hydrogen) atoms. The van der Waals surface area contributed by atoms with Gasteiger partial charge in [-0.3, -0.25) is 14.4 Å². The number of esters is 2. The van der Waals surface area contributed by atoms with Crippen LogP contribution in [0.15, 0.2) is 0 Å². The summed E-state index contributed by atoms with van der Waals surface area (Å²) < 4.78 is 10.4. The Morgan fingerprint density at radius 2 is 0.879 bits per heavy atom. The van der Waals surface area contributed by atoms with Crippen molar-refractivity contribution >= 4 is 17.9 Å². The number of carbonyl (C=O) groups is 3. The molecule has 1 N–H and O–H groups in total. The van der Waals surface area contributed by atoms with Gasteiger partial charge in [0.1, 0.15) is 18.6 Å². The van der Waals surface area contributed by atoms with E-state index in [1.165, 1.54) is 71.1 Å². The van der Waals surface area contributed by atoms with E-state index in [4.69, 9.17) is 9.47 Å². The smallest absolute Gasteiger partial charge is 0.316 e. The van der Waals surface area contributed by atoms with Gasteiger partial charge in [-0.05, 0) is 19.8 Å². The normalized spacial score (nSPS) is 11.4. The summed E-state index contributed by atoms with van der Waals surface area (Å²) in [5.74, 6) is -1.92. The molecular formula is C27H50O6. The van der Waals surface area contributed by atoms with Gasteiger partial charge in [-0.15, -0.1) is 0 Å². The average molecular weight is 471 g/mol. The van der Waals surface area contributed by atoms with Crippen molar-refractivity contribution in [3.63, 3.8) is 0 Å². The molecule has 0 fully saturated rings. The first-order valence-corrected chi connectivity index (χ1v) is 13.4. The Labute approximate surface area is 202 Å². The Morgan fingerprint density at radius 1 is 0.576 bits per heavy atom. The number of ether oxygens (including phenoxy) is 2. The minimum absolute atomic E-state index is 0.288. The van der Waals surface area contributed by atoms with Crippen molar-refractivity contribution in [3.05, 3.63) is 0 Å². The van der Waals surface area contributed by atoms with Crippen LogP contribution in [0.1, 0.15) is 136 Å². The number of rotatable bonds is 23. The molecular weight excluding hydrogens is 420 g/mol. The first kappa shape index (κ1) is 31.4. The standard InChI is InChI=1S/C27H50O6/c1-4-6-8-10-12-14-16-18-20-24(28)32-22-27(3,26(30)31)23-33-25(29)21-19-17-15-13-11-9-7-5-2/h4-23H2,1-3H3,(H,30,31).